The van der Waals surface area contributed by atoms with Crippen LogP contribution in [0.1, 0.15) is 12.5 Å². The van der Waals surface area contributed by atoms with Gasteiger partial charge >= 0.3 is 6.03 Å². The van der Waals surface area contributed by atoms with Gasteiger partial charge in [-0.1, -0.05) is 11.6 Å². The number of fused-ring (bicyclic) bond motifs is 2. The highest BCUT2D eigenvalue weighted by atomic mass is 35.5. The van der Waals surface area contributed by atoms with Crippen molar-refractivity contribution in [1.29, 1.82) is 0 Å². The molecule has 0 aliphatic carbocycles. The van der Waals surface area contributed by atoms with E-state index in [-0.39, 0.29) is 6.03 Å². The number of aryl methyl sites for hydroxylation is 1. The van der Waals surface area contributed by atoms with Crippen LogP contribution in [0.5, 0.6) is 5.88 Å². The van der Waals surface area contributed by atoms with Gasteiger partial charge in [0.2, 0.25) is 5.88 Å². The highest BCUT2D eigenvalue weighted by Gasteiger charge is 2.34. The number of carbonyl (C=O) groups excluding carboxylic acids is 1. The lowest BCUT2D eigenvalue weighted by Gasteiger charge is -2.36. The Bertz CT molecular complexity index is 1290. The van der Waals surface area contributed by atoms with Crippen molar-refractivity contribution in [2.24, 2.45) is 7.05 Å². The van der Waals surface area contributed by atoms with Crippen LogP contribution in [0.2, 0.25) is 5.02 Å². The lowest BCUT2D eigenvalue weighted by molar-refractivity contribution is 0.252. The van der Waals surface area contributed by atoms with E-state index in [4.69, 9.17) is 16.3 Å². The number of rotatable bonds is 4. The molecule has 0 unspecified atom stereocenters. The average molecular weight is 434 g/mol. The molecule has 0 N–H and O–H groups in total. The van der Waals surface area contributed by atoms with E-state index in [1.165, 1.54) is 0 Å². The molecule has 1 aliphatic rings. The Morgan fingerprint density at radius 3 is 2.61 bits per heavy atom. The minimum atomic E-state index is -0.195. The van der Waals surface area contributed by atoms with Gasteiger partial charge in [-0.05, 0) is 55.5 Å². The normalized spacial score (nSPS) is 13.6. The highest BCUT2D eigenvalue weighted by Crippen LogP contribution is 2.37. The van der Waals surface area contributed by atoms with E-state index < -0.39 is 0 Å². The zero-order valence-corrected chi connectivity index (χ0v) is 17.9. The van der Waals surface area contributed by atoms with Crippen LogP contribution in [0, 0.1) is 0 Å². The number of hydrogen-bond donors (Lipinski definition) is 0. The Morgan fingerprint density at radius 2 is 1.84 bits per heavy atom. The molecule has 0 fully saturated rings. The van der Waals surface area contributed by atoms with E-state index in [0.717, 1.165) is 22.2 Å². The van der Waals surface area contributed by atoms with Crippen LogP contribution in [-0.2, 0) is 13.6 Å². The van der Waals surface area contributed by atoms with Crippen LogP contribution in [0.3, 0.4) is 0 Å². The molecule has 7 nitrogen and oxygen atoms in total. The Morgan fingerprint density at radius 1 is 1.06 bits per heavy atom. The SMILES string of the molecule is CCOc1ccc2c(n1)N(c1ccc(Cl)cc1)C(=O)N(c1ccc3nn(C)cc3c1)C2. The molecule has 0 bridgehead atoms. The Labute approximate surface area is 184 Å². The second-order valence-electron chi connectivity index (χ2n) is 7.29. The van der Waals surface area contributed by atoms with E-state index in [9.17, 15) is 4.79 Å². The Hall–Kier alpha value is -3.58. The minimum absolute atomic E-state index is 0.195. The lowest BCUT2D eigenvalue weighted by Crippen LogP contribution is -2.45. The number of nitrogens with zero attached hydrogens (tertiary/aromatic N) is 5. The largest absolute Gasteiger partial charge is 0.478 e. The highest BCUT2D eigenvalue weighted by molar-refractivity contribution is 6.30. The molecule has 5 rings (SSSR count). The van der Waals surface area contributed by atoms with Gasteiger partial charge in [0.1, 0.15) is 5.82 Å². The number of aromatic nitrogens is 3. The zero-order chi connectivity index (χ0) is 21.5. The van der Waals surface area contributed by atoms with Crippen LogP contribution in [0.15, 0.2) is 60.8 Å². The quantitative estimate of drug-likeness (QED) is 0.438. The van der Waals surface area contributed by atoms with Crippen LogP contribution in [-0.4, -0.2) is 27.4 Å². The van der Waals surface area contributed by atoms with Crippen LogP contribution >= 0.6 is 11.6 Å². The number of halogens is 1. The first-order valence-corrected chi connectivity index (χ1v) is 10.3. The van der Waals surface area contributed by atoms with Crippen molar-refractivity contribution >= 4 is 45.7 Å². The summed E-state index contributed by atoms with van der Waals surface area (Å²) in [5.74, 6) is 1.05. The summed E-state index contributed by atoms with van der Waals surface area (Å²) < 4.78 is 7.34. The maximum Gasteiger partial charge on any atom is 0.335 e. The van der Waals surface area contributed by atoms with Crippen molar-refractivity contribution < 1.29 is 9.53 Å². The third kappa shape index (κ3) is 3.47. The van der Waals surface area contributed by atoms with Gasteiger partial charge in [0.15, 0.2) is 0 Å². The predicted molar refractivity (Wildman–Crippen MR) is 121 cm³/mol. The van der Waals surface area contributed by atoms with E-state index in [1.807, 2.05) is 62.6 Å². The van der Waals surface area contributed by atoms with Crippen LogP contribution in [0.4, 0.5) is 22.0 Å². The molecule has 31 heavy (non-hydrogen) atoms. The number of amides is 2. The maximum absolute atomic E-state index is 13.7. The third-order valence-electron chi connectivity index (χ3n) is 5.18. The van der Waals surface area contributed by atoms with E-state index in [1.54, 1.807) is 26.6 Å². The predicted octanol–water partition coefficient (Wildman–Crippen LogP) is 5.30. The maximum atomic E-state index is 13.7. The molecule has 4 aromatic rings. The number of urea groups is 1. The zero-order valence-electron chi connectivity index (χ0n) is 17.1. The molecule has 0 saturated heterocycles. The standard InChI is InChI=1S/C23H20ClN5O2/c1-3-31-21-11-4-15-14-28(19-9-10-20-16(12-19)13-27(2)26-20)23(30)29(22(15)25-21)18-7-5-17(24)6-8-18/h4-13H,3,14H2,1-2H3. The molecule has 3 heterocycles. The molecular formula is C23H20ClN5O2. The molecule has 2 amide bonds. The lowest BCUT2D eigenvalue weighted by atomic mass is 10.1. The summed E-state index contributed by atoms with van der Waals surface area (Å²) in [5.41, 5.74) is 3.28. The summed E-state index contributed by atoms with van der Waals surface area (Å²) in [4.78, 5) is 21.7. The van der Waals surface area contributed by atoms with Gasteiger partial charge in [-0.3, -0.25) is 9.58 Å². The average Bonchev–Trinajstić information content (AvgIpc) is 3.14. The van der Waals surface area contributed by atoms with Gasteiger partial charge < -0.3 is 4.74 Å². The van der Waals surface area contributed by atoms with Crippen LogP contribution in [0.25, 0.3) is 10.9 Å². The first-order valence-electron chi connectivity index (χ1n) is 9.97. The van der Waals surface area contributed by atoms with Crippen molar-refractivity contribution in [3.05, 3.63) is 71.4 Å². The number of pyridine rings is 1. The van der Waals surface area contributed by atoms with Gasteiger partial charge in [0, 0.05) is 41.0 Å². The minimum Gasteiger partial charge on any atom is -0.478 e. The van der Waals surface area contributed by atoms with Crippen molar-refractivity contribution in [2.45, 2.75) is 13.5 Å². The first-order chi connectivity index (χ1) is 15.0. The van der Waals surface area contributed by atoms with Crippen molar-refractivity contribution in [3.8, 4) is 5.88 Å². The summed E-state index contributed by atoms with van der Waals surface area (Å²) in [7, 11) is 1.88. The van der Waals surface area contributed by atoms with Gasteiger partial charge in [0.05, 0.1) is 24.4 Å². The van der Waals surface area contributed by atoms with Gasteiger partial charge in [-0.25, -0.2) is 9.69 Å². The fraction of sp³-hybridized carbons (Fsp3) is 0.174. The second-order valence-corrected chi connectivity index (χ2v) is 7.73. The topological polar surface area (TPSA) is 63.5 Å². The van der Waals surface area contributed by atoms with E-state index in [2.05, 4.69) is 10.1 Å². The van der Waals surface area contributed by atoms with E-state index in [0.29, 0.717) is 35.6 Å². The first kappa shape index (κ1) is 19.4. The summed E-state index contributed by atoms with van der Waals surface area (Å²) in [6, 6.07) is 16.6. The summed E-state index contributed by atoms with van der Waals surface area (Å²) in [6.07, 6.45) is 1.94. The Balaban J connectivity index is 1.63. The van der Waals surface area contributed by atoms with Crippen LogP contribution < -0.4 is 14.5 Å². The molecule has 0 saturated carbocycles. The molecule has 0 spiro atoms. The fourth-order valence-corrected chi connectivity index (χ4v) is 3.91. The second kappa shape index (κ2) is 7.59. The van der Waals surface area contributed by atoms with Gasteiger partial charge in [-0.15, -0.1) is 0 Å². The molecule has 2 aromatic carbocycles. The van der Waals surface area contributed by atoms with Crippen molar-refractivity contribution in [3.63, 3.8) is 0 Å². The molecule has 2 aromatic heterocycles. The number of carbonyl (C=O) groups is 1. The monoisotopic (exact) mass is 433 g/mol. The van der Waals surface area contributed by atoms with Crippen molar-refractivity contribution in [1.82, 2.24) is 14.8 Å². The summed E-state index contributed by atoms with van der Waals surface area (Å²) >= 11 is 6.08. The van der Waals surface area contributed by atoms with Crippen molar-refractivity contribution in [2.75, 3.05) is 16.4 Å². The fourth-order valence-electron chi connectivity index (χ4n) is 3.78. The van der Waals surface area contributed by atoms with Gasteiger partial charge in [0.25, 0.3) is 0 Å². The molecule has 0 radical (unpaired) electrons. The van der Waals surface area contributed by atoms with Gasteiger partial charge in [-0.2, -0.15) is 10.1 Å². The number of ether oxygens (including phenoxy) is 1. The number of benzene rings is 2. The molecule has 156 valence electrons. The Kier molecular flexibility index (Phi) is 4.75. The summed E-state index contributed by atoms with van der Waals surface area (Å²) in [6.45, 7) is 2.81. The molecular weight excluding hydrogens is 414 g/mol. The number of hydrogen-bond acceptors (Lipinski definition) is 4. The van der Waals surface area contributed by atoms with E-state index >= 15 is 0 Å². The number of anilines is 3. The smallest absolute Gasteiger partial charge is 0.335 e. The molecule has 8 heteroatoms. The molecule has 0 atom stereocenters. The summed E-state index contributed by atoms with van der Waals surface area (Å²) in [5, 5.41) is 5.99. The molecule has 1 aliphatic heterocycles. The third-order valence-corrected chi connectivity index (χ3v) is 5.44.